The molecule has 0 saturated carbocycles. The third-order valence-corrected chi connectivity index (χ3v) is 1.62. The lowest BCUT2D eigenvalue weighted by Gasteiger charge is -2.14. The molecule has 0 aliphatic carbocycles. The van der Waals surface area contributed by atoms with Crippen molar-refractivity contribution in [2.75, 3.05) is 26.8 Å². The van der Waals surface area contributed by atoms with Crippen LogP contribution < -0.4 is 0 Å². The second kappa shape index (κ2) is 3.48. The first-order valence-corrected chi connectivity index (χ1v) is 3.56. The Labute approximate surface area is 65.9 Å². The molecule has 11 heavy (non-hydrogen) atoms. The lowest BCUT2D eigenvalue weighted by atomic mass is 10.5. The number of ether oxygens (including phenoxy) is 1. The van der Waals surface area contributed by atoms with Crippen LogP contribution in [0.3, 0.4) is 0 Å². The molecular weight excluding hydrogens is 144 g/mol. The number of rotatable bonds is 2. The van der Waals surface area contributed by atoms with E-state index in [-0.39, 0.29) is 12.5 Å². The largest absolute Gasteiger partial charge is 0.375 e. The number of carbonyl (C=O) groups excluding carboxylic acids is 1. The van der Waals surface area contributed by atoms with Crippen molar-refractivity contribution in [3.05, 3.63) is 0 Å². The molecule has 0 unspecified atom stereocenters. The van der Waals surface area contributed by atoms with Crippen LogP contribution in [-0.4, -0.2) is 43.4 Å². The summed E-state index contributed by atoms with van der Waals surface area (Å²) in [4.78, 5) is 16.9. The van der Waals surface area contributed by atoms with Crippen molar-refractivity contribution >= 4 is 11.7 Å². The zero-order valence-electron chi connectivity index (χ0n) is 6.83. The van der Waals surface area contributed by atoms with Gasteiger partial charge in [-0.15, -0.1) is 0 Å². The molecule has 4 nitrogen and oxygen atoms in total. The topological polar surface area (TPSA) is 41.9 Å². The van der Waals surface area contributed by atoms with E-state index >= 15 is 0 Å². The van der Waals surface area contributed by atoms with Gasteiger partial charge in [-0.1, -0.05) is 0 Å². The predicted molar refractivity (Wildman–Crippen MR) is 41.6 cm³/mol. The Morgan fingerprint density at radius 2 is 2.55 bits per heavy atom. The van der Waals surface area contributed by atoms with Gasteiger partial charge in [0.05, 0.1) is 6.54 Å². The van der Waals surface area contributed by atoms with Crippen molar-refractivity contribution in [1.82, 2.24) is 4.90 Å². The Bertz CT molecular complexity index is 189. The number of amidine groups is 1. The summed E-state index contributed by atoms with van der Waals surface area (Å²) in [6.45, 7) is 3.41. The average Bonchev–Trinajstić information content (AvgIpc) is 2.36. The summed E-state index contributed by atoms with van der Waals surface area (Å²) in [7, 11) is 1.51. The summed E-state index contributed by atoms with van der Waals surface area (Å²) >= 11 is 0. The molecule has 1 heterocycles. The lowest BCUT2D eigenvalue weighted by molar-refractivity contribution is -0.130. The van der Waals surface area contributed by atoms with E-state index in [1.807, 2.05) is 6.92 Å². The molecule has 0 aromatic heterocycles. The van der Waals surface area contributed by atoms with E-state index in [2.05, 4.69) is 4.99 Å². The van der Waals surface area contributed by atoms with Gasteiger partial charge in [0, 0.05) is 13.7 Å². The predicted octanol–water partition coefficient (Wildman–Crippen LogP) is -0.107. The summed E-state index contributed by atoms with van der Waals surface area (Å²) < 4.78 is 4.72. The van der Waals surface area contributed by atoms with Gasteiger partial charge in [0.2, 0.25) is 0 Å². The van der Waals surface area contributed by atoms with Crippen molar-refractivity contribution in [2.24, 2.45) is 4.99 Å². The summed E-state index contributed by atoms with van der Waals surface area (Å²) in [6, 6.07) is 0. The molecule has 1 aliphatic heterocycles. The number of nitrogens with zero attached hydrogens (tertiary/aromatic N) is 2. The molecule has 0 aromatic carbocycles. The maximum absolute atomic E-state index is 11.2. The average molecular weight is 156 g/mol. The number of methoxy groups -OCH3 is 1. The molecule has 0 spiro atoms. The minimum atomic E-state index is -0.00810. The Morgan fingerprint density at radius 1 is 1.82 bits per heavy atom. The van der Waals surface area contributed by atoms with Crippen LogP contribution in [0, 0.1) is 0 Å². The van der Waals surface area contributed by atoms with Gasteiger partial charge >= 0.3 is 0 Å². The first kappa shape index (κ1) is 8.20. The van der Waals surface area contributed by atoms with E-state index in [0.29, 0.717) is 6.54 Å². The quantitative estimate of drug-likeness (QED) is 0.560. The van der Waals surface area contributed by atoms with Gasteiger partial charge in [-0.3, -0.25) is 14.7 Å². The molecule has 0 N–H and O–H groups in total. The van der Waals surface area contributed by atoms with Gasteiger partial charge < -0.3 is 4.74 Å². The van der Waals surface area contributed by atoms with Crippen LogP contribution in [0.25, 0.3) is 0 Å². The Morgan fingerprint density at radius 3 is 3.00 bits per heavy atom. The number of carbonyl (C=O) groups is 1. The Balaban J connectivity index is 2.48. The van der Waals surface area contributed by atoms with Crippen LogP contribution in [-0.2, 0) is 9.53 Å². The van der Waals surface area contributed by atoms with Gasteiger partial charge in [0.15, 0.2) is 0 Å². The highest BCUT2D eigenvalue weighted by Gasteiger charge is 2.19. The lowest BCUT2D eigenvalue weighted by Crippen LogP contribution is -2.35. The van der Waals surface area contributed by atoms with Crippen LogP contribution in [0.5, 0.6) is 0 Å². The van der Waals surface area contributed by atoms with Crippen molar-refractivity contribution in [1.29, 1.82) is 0 Å². The molecule has 0 atom stereocenters. The zero-order chi connectivity index (χ0) is 8.27. The highest BCUT2D eigenvalue weighted by atomic mass is 16.5. The van der Waals surface area contributed by atoms with Gasteiger partial charge in [0.25, 0.3) is 5.91 Å². The number of aliphatic imine (C=N–C) groups is 1. The Hall–Kier alpha value is -0.900. The molecule has 4 heteroatoms. The maximum atomic E-state index is 11.2. The summed E-state index contributed by atoms with van der Waals surface area (Å²) in [5.41, 5.74) is 0. The van der Waals surface area contributed by atoms with Gasteiger partial charge in [-0.2, -0.15) is 0 Å². The fourth-order valence-corrected chi connectivity index (χ4v) is 1.07. The van der Waals surface area contributed by atoms with Gasteiger partial charge in [-0.05, 0) is 6.92 Å². The van der Waals surface area contributed by atoms with Crippen LogP contribution in [0.1, 0.15) is 6.92 Å². The van der Waals surface area contributed by atoms with Crippen LogP contribution in [0.4, 0.5) is 0 Å². The first-order chi connectivity index (χ1) is 5.25. The van der Waals surface area contributed by atoms with E-state index in [1.165, 1.54) is 7.11 Å². The van der Waals surface area contributed by atoms with Crippen LogP contribution >= 0.6 is 0 Å². The standard InChI is InChI=1S/C7H12N2O2/c1-6-8-3-4-9(6)7(10)5-11-2/h3-5H2,1-2H3. The molecule has 0 radical (unpaired) electrons. The highest BCUT2D eigenvalue weighted by molar-refractivity contribution is 5.98. The Kier molecular flexibility index (Phi) is 2.59. The van der Waals surface area contributed by atoms with Crippen LogP contribution in [0.2, 0.25) is 0 Å². The third kappa shape index (κ3) is 1.77. The molecule has 0 bridgehead atoms. The van der Waals surface area contributed by atoms with Gasteiger partial charge in [-0.25, -0.2) is 0 Å². The maximum Gasteiger partial charge on any atom is 0.253 e. The minimum absolute atomic E-state index is 0.00810. The van der Waals surface area contributed by atoms with Crippen molar-refractivity contribution < 1.29 is 9.53 Å². The van der Waals surface area contributed by atoms with E-state index in [9.17, 15) is 4.79 Å². The molecule has 0 aromatic rings. The van der Waals surface area contributed by atoms with E-state index in [1.54, 1.807) is 4.90 Å². The molecule has 62 valence electrons. The number of hydrogen-bond acceptors (Lipinski definition) is 3. The number of amides is 1. The first-order valence-electron chi connectivity index (χ1n) is 3.56. The smallest absolute Gasteiger partial charge is 0.253 e. The monoisotopic (exact) mass is 156 g/mol. The summed E-state index contributed by atoms with van der Waals surface area (Å²) in [6.07, 6.45) is 0. The second-order valence-corrected chi connectivity index (χ2v) is 2.41. The van der Waals surface area contributed by atoms with E-state index in [0.717, 1.165) is 12.4 Å². The third-order valence-electron chi connectivity index (χ3n) is 1.62. The SMILES string of the molecule is COCC(=O)N1CCN=C1C. The molecule has 1 amide bonds. The molecule has 1 rings (SSSR count). The van der Waals surface area contributed by atoms with E-state index < -0.39 is 0 Å². The van der Waals surface area contributed by atoms with Crippen LogP contribution in [0.15, 0.2) is 4.99 Å². The fourth-order valence-electron chi connectivity index (χ4n) is 1.07. The van der Waals surface area contributed by atoms with Crippen molar-refractivity contribution in [2.45, 2.75) is 6.92 Å². The normalized spacial score (nSPS) is 16.9. The highest BCUT2D eigenvalue weighted by Crippen LogP contribution is 2.01. The molecule has 1 aliphatic rings. The molecular formula is C7H12N2O2. The fraction of sp³-hybridized carbons (Fsp3) is 0.714. The minimum Gasteiger partial charge on any atom is -0.375 e. The van der Waals surface area contributed by atoms with Crippen molar-refractivity contribution in [3.8, 4) is 0 Å². The molecule has 0 fully saturated rings. The number of hydrogen-bond donors (Lipinski definition) is 0. The van der Waals surface area contributed by atoms with Gasteiger partial charge in [0.1, 0.15) is 12.4 Å². The second-order valence-electron chi connectivity index (χ2n) is 2.41. The summed E-state index contributed by atoms with van der Waals surface area (Å²) in [5, 5.41) is 0. The van der Waals surface area contributed by atoms with E-state index in [4.69, 9.17) is 4.74 Å². The van der Waals surface area contributed by atoms with Crippen molar-refractivity contribution in [3.63, 3.8) is 0 Å². The molecule has 0 saturated heterocycles. The summed E-state index contributed by atoms with van der Waals surface area (Å²) in [5.74, 6) is 0.790. The zero-order valence-corrected chi connectivity index (χ0v) is 6.83.